The number of carbonyl (C=O) groups is 1. The van der Waals surface area contributed by atoms with E-state index in [0.717, 1.165) is 34.4 Å². The second kappa shape index (κ2) is 6.30. The Balaban J connectivity index is 1.68. The molecule has 130 valence electrons. The van der Waals surface area contributed by atoms with Gasteiger partial charge in [0.1, 0.15) is 11.3 Å². The van der Waals surface area contributed by atoms with E-state index in [4.69, 9.17) is 14.5 Å². The first-order valence-corrected chi connectivity index (χ1v) is 8.68. The van der Waals surface area contributed by atoms with Gasteiger partial charge in [-0.05, 0) is 54.3 Å². The summed E-state index contributed by atoms with van der Waals surface area (Å²) in [5.74, 6) is -0.156. The number of carboxylic acid groups (broad SMARTS) is 1. The van der Waals surface area contributed by atoms with Gasteiger partial charge in [0.25, 0.3) is 0 Å². The van der Waals surface area contributed by atoms with Gasteiger partial charge in [0.2, 0.25) is 0 Å². The number of aryl methyl sites for hydroxylation is 2. The van der Waals surface area contributed by atoms with Gasteiger partial charge < -0.3 is 9.52 Å². The molecule has 0 saturated heterocycles. The zero-order valence-corrected chi connectivity index (χ0v) is 14.7. The Morgan fingerprint density at radius 3 is 2.65 bits per heavy atom. The number of nitrogens with zero attached hydrogens (tertiary/aromatic N) is 1. The summed E-state index contributed by atoms with van der Waals surface area (Å²) in [5, 5.41) is 10.1. The lowest BCUT2D eigenvalue weighted by atomic mass is 10.1. The molecule has 26 heavy (non-hydrogen) atoms. The number of furan rings is 1. The molecule has 1 N–H and O–H groups in total. The Morgan fingerprint density at radius 2 is 1.96 bits per heavy atom. The summed E-state index contributed by atoms with van der Waals surface area (Å²) in [6, 6.07) is 13.0. The molecule has 2 heterocycles. The van der Waals surface area contributed by atoms with Crippen molar-refractivity contribution in [2.45, 2.75) is 26.3 Å². The Morgan fingerprint density at radius 1 is 1.19 bits per heavy atom. The highest BCUT2D eigenvalue weighted by Gasteiger charge is 2.19. The van der Waals surface area contributed by atoms with E-state index in [9.17, 15) is 4.79 Å². The minimum absolute atomic E-state index is 0.118. The first kappa shape index (κ1) is 16.3. The van der Waals surface area contributed by atoms with Gasteiger partial charge in [0, 0.05) is 5.39 Å². The zero-order chi connectivity index (χ0) is 18.3. The minimum atomic E-state index is -0.924. The van der Waals surface area contributed by atoms with Gasteiger partial charge in [0.05, 0.1) is 11.6 Å². The van der Waals surface area contributed by atoms with Crippen LogP contribution in [-0.4, -0.2) is 16.8 Å². The lowest BCUT2D eigenvalue weighted by Crippen LogP contribution is -1.97. The van der Waals surface area contributed by atoms with E-state index >= 15 is 0 Å². The van der Waals surface area contributed by atoms with Gasteiger partial charge in [-0.3, -0.25) is 4.99 Å². The number of hydrogen-bond donors (Lipinski definition) is 1. The van der Waals surface area contributed by atoms with Crippen LogP contribution in [0.3, 0.4) is 0 Å². The third-order valence-electron chi connectivity index (χ3n) is 4.83. The van der Waals surface area contributed by atoms with Gasteiger partial charge in [-0.25, -0.2) is 4.79 Å². The Kier molecular flexibility index (Phi) is 3.96. The van der Waals surface area contributed by atoms with Gasteiger partial charge in [0.15, 0.2) is 5.76 Å². The van der Waals surface area contributed by atoms with Crippen LogP contribution in [-0.2, 0) is 6.42 Å². The van der Waals surface area contributed by atoms with E-state index in [-0.39, 0.29) is 11.6 Å². The topological polar surface area (TPSA) is 62.8 Å². The molecule has 4 heteroatoms. The molecular formula is C22H19NO3. The van der Waals surface area contributed by atoms with Crippen LogP contribution in [0.5, 0.6) is 0 Å². The van der Waals surface area contributed by atoms with Crippen LogP contribution >= 0.6 is 0 Å². The van der Waals surface area contributed by atoms with Crippen molar-refractivity contribution in [3.63, 3.8) is 0 Å². The summed E-state index contributed by atoms with van der Waals surface area (Å²) in [5.41, 5.74) is 5.38. The summed E-state index contributed by atoms with van der Waals surface area (Å²) in [7, 11) is 0. The second-order valence-electron chi connectivity index (χ2n) is 6.49. The van der Waals surface area contributed by atoms with Gasteiger partial charge in [-0.1, -0.05) is 37.3 Å². The van der Waals surface area contributed by atoms with Crippen molar-refractivity contribution < 1.29 is 14.3 Å². The number of allylic oxidation sites excluding steroid dienone is 1. The smallest absolute Gasteiger partial charge is 0.335 e. The summed E-state index contributed by atoms with van der Waals surface area (Å²) in [6.45, 7) is 4.20. The van der Waals surface area contributed by atoms with E-state index in [1.54, 1.807) is 12.1 Å². The summed E-state index contributed by atoms with van der Waals surface area (Å²) in [4.78, 5) is 15.7. The van der Waals surface area contributed by atoms with Gasteiger partial charge >= 0.3 is 5.97 Å². The fourth-order valence-corrected chi connectivity index (χ4v) is 3.29. The van der Waals surface area contributed by atoms with Crippen LogP contribution in [0.4, 0.5) is 0 Å². The Hall–Kier alpha value is -3.14. The second-order valence-corrected chi connectivity index (χ2v) is 6.49. The summed E-state index contributed by atoms with van der Waals surface area (Å²) in [6.07, 6.45) is 4.89. The van der Waals surface area contributed by atoms with Crippen molar-refractivity contribution in [3.05, 3.63) is 82.6 Å². The number of fused-ring (bicyclic) bond motifs is 1. The highest BCUT2D eigenvalue weighted by atomic mass is 16.4. The fraction of sp³-hybridized carbons (Fsp3) is 0.182. The van der Waals surface area contributed by atoms with Crippen molar-refractivity contribution in [1.29, 1.82) is 0 Å². The molecule has 0 fully saturated rings. The molecule has 4 rings (SSSR count). The third kappa shape index (κ3) is 2.73. The molecule has 1 aromatic heterocycles. The number of hydrogen-bond acceptors (Lipinski definition) is 3. The van der Waals surface area contributed by atoms with Crippen molar-refractivity contribution in [2.24, 2.45) is 4.99 Å². The summed E-state index contributed by atoms with van der Waals surface area (Å²) < 4.78 is 6.13. The lowest BCUT2D eigenvalue weighted by Gasteiger charge is -2.05. The Labute approximate surface area is 151 Å². The number of aliphatic imine (C=N–C) groups is 1. The summed E-state index contributed by atoms with van der Waals surface area (Å²) >= 11 is 0. The zero-order valence-electron chi connectivity index (χ0n) is 14.7. The van der Waals surface area contributed by atoms with E-state index in [1.165, 1.54) is 11.1 Å². The normalized spacial score (nSPS) is 16.2. The predicted octanol–water partition coefficient (Wildman–Crippen LogP) is 5.10. The van der Waals surface area contributed by atoms with Crippen molar-refractivity contribution >= 4 is 22.7 Å². The third-order valence-corrected chi connectivity index (χ3v) is 4.83. The predicted molar refractivity (Wildman–Crippen MR) is 102 cm³/mol. The number of benzene rings is 2. The van der Waals surface area contributed by atoms with Crippen molar-refractivity contribution in [1.82, 2.24) is 0 Å². The van der Waals surface area contributed by atoms with E-state index in [0.29, 0.717) is 0 Å². The molecular weight excluding hydrogens is 326 g/mol. The van der Waals surface area contributed by atoms with Gasteiger partial charge in [-0.15, -0.1) is 0 Å². The molecule has 4 nitrogen and oxygen atoms in total. The Bertz CT molecular complexity index is 1050. The minimum Gasteiger partial charge on any atom is -0.478 e. The average Bonchev–Trinajstić information content (AvgIpc) is 3.30. The van der Waals surface area contributed by atoms with Crippen LogP contribution < -0.4 is 0 Å². The van der Waals surface area contributed by atoms with Gasteiger partial charge in [-0.2, -0.15) is 0 Å². The monoisotopic (exact) mass is 345 g/mol. The quantitative estimate of drug-likeness (QED) is 0.715. The first-order valence-electron chi connectivity index (χ1n) is 8.68. The molecule has 0 aliphatic carbocycles. The molecule has 2 aromatic carbocycles. The number of rotatable bonds is 4. The molecule has 3 aromatic rings. The fourth-order valence-electron chi connectivity index (χ4n) is 3.29. The number of aromatic carboxylic acids is 1. The SMILES string of the molecule is CCc1ccc(C)c2cc(C3=NC(c4ccc(C(=O)O)cc4)C=C3)oc12. The highest BCUT2D eigenvalue weighted by Crippen LogP contribution is 2.31. The molecule has 0 saturated carbocycles. The van der Waals surface area contributed by atoms with Crippen LogP contribution in [0.1, 0.15) is 45.8 Å². The molecule has 0 spiro atoms. The maximum absolute atomic E-state index is 11.0. The lowest BCUT2D eigenvalue weighted by molar-refractivity contribution is 0.0697. The van der Waals surface area contributed by atoms with Crippen molar-refractivity contribution in [3.8, 4) is 0 Å². The molecule has 1 aliphatic heterocycles. The highest BCUT2D eigenvalue weighted by molar-refractivity contribution is 6.10. The van der Waals surface area contributed by atoms with Crippen molar-refractivity contribution in [2.75, 3.05) is 0 Å². The maximum atomic E-state index is 11.0. The average molecular weight is 345 g/mol. The van der Waals surface area contributed by atoms with Crippen LogP contribution in [0.2, 0.25) is 0 Å². The molecule has 0 amide bonds. The van der Waals surface area contributed by atoms with Crippen LogP contribution in [0, 0.1) is 6.92 Å². The van der Waals surface area contributed by atoms with E-state index in [2.05, 4.69) is 32.0 Å². The molecule has 0 radical (unpaired) electrons. The first-order chi connectivity index (χ1) is 12.6. The van der Waals surface area contributed by atoms with E-state index < -0.39 is 5.97 Å². The van der Waals surface area contributed by atoms with Crippen LogP contribution in [0.15, 0.2) is 64.0 Å². The largest absolute Gasteiger partial charge is 0.478 e. The molecule has 1 unspecified atom stereocenters. The number of carboxylic acids is 1. The molecule has 0 bridgehead atoms. The molecule has 1 aliphatic rings. The maximum Gasteiger partial charge on any atom is 0.335 e. The molecule has 1 atom stereocenters. The van der Waals surface area contributed by atoms with E-state index in [1.807, 2.05) is 24.3 Å². The standard InChI is InChI=1S/C22H19NO3/c1-3-14-5-4-13(2)17-12-20(26-21(14)17)19-11-10-18(23-19)15-6-8-16(9-7-15)22(24)25/h4-12,18H,3H2,1-2H3,(H,24,25). The van der Waals surface area contributed by atoms with Crippen LogP contribution in [0.25, 0.3) is 11.0 Å².